The molecule has 2 aromatic heterocycles. The Balaban J connectivity index is 1.55. The summed E-state index contributed by atoms with van der Waals surface area (Å²) in [5.74, 6) is -0.101. The van der Waals surface area contributed by atoms with Crippen molar-refractivity contribution in [2.75, 3.05) is 5.73 Å². The van der Waals surface area contributed by atoms with E-state index in [1.807, 2.05) is 0 Å². The number of carbonyl (C=O) groups is 1. The van der Waals surface area contributed by atoms with E-state index in [-0.39, 0.29) is 23.0 Å². The SMILES string of the molecule is CCCCCCCCCCCCCCCC(=O)n1cnc2c(=O)[nH]c(N)nc21. The van der Waals surface area contributed by atoms with Gasteiger partial charge in [-0.25, -0.2) is 4.98 Å². The number of hydrogen-bond donors (Lipinski definition) is 2. The van der Waals surface area contributed by atoms with Gasteiger partial charge < -0.3 is 5.73 Å². The third-order valence-corrected chi connectivity index (χ3v) is 5.19. The van der Waals surface area contributed by atoms with Crippen LogP contribution in [0.4, 0.5) is 5.95 Å². The van der Waals surface area contributed by atoms with E-state index in [4.69, 9.17) is 5.73 Å². The molecule has 0 aliphatic rings. The van der Waals surface area contributed by atoms with Gasteiger partial charge in [0.15, 0.2) is 11.2 Å². The zero-order chi connectivity index (χ0) is 20.2. The van der Waals surface area contributed by atoms with E-state index < -0.39 is 5.56 Å². The second-order valence-corrected chi connectivity index (χ2v) is 7.62. The first-order valence-electron chi connectivity index (χ1n) is 10.9. The van der Waals surface area contributed by atoms with Gasteiger partial charge in [0, 0.05) is 6.42 Å². The molecule has 156 valence electrons. The van der Waals surface area contributed by atoms with Gasteiger partial charge in [-0.2, -0.15) is 4.98 Å². The maximum Gasteiger partial charge on any atom is 0.280 e. The predicted molar refractivity (Wildman–Crippen MR) is 113 cm³/mol. The Hall–Kier alpha value is -2.18. The first-order chi connectivity index (χ1) is 13.6. The van der Waals surface area contributed by atoms with Crippen LogP contribution in [0, 0.1) is 0 Å². The molecule has 3 N–H and O–H groups in total. The summed E-state index contributed by atoms with van der Waals surface area (Å²) < 4.78 is 1.33. The fourth-order valence-corrected chi connectivity index (χ4v) is 3.52. The summed E-state index contributed by atoms with van der Waals surface area (Å²) in [6.45, 7) is 2.26. The second kappa shape index (κ2) is 12.3. The number of nitrogen functional groups attached to an aromatic ring is 1. The summed E-state index contributed by atoms with van der Waals surface area (Å²) in [5.41, 5.74) is 5.52. The van der Waals surface area contributed by atoms with Gasteiger partial charge in [0.2, 0.25) is 11.9 Å². The number of fused-ring (bicyclic) bond motifs is 1. The van der Waals surface area contributed by atoms with Gasteiger partial charge in [0.05, 0.1) is 0 Å². The van der Waals surface area contributed by atoms with Gasteiger partial charge >= 0.3 is 0 Å². The number of rotatable bonds is 14. The normalized spacial score (nSPS) is 11.3. The minimum absolute atomic E-state index is 0.00647. The van der Waals surface area contributed by atoms with Crippen molar-refractivity contribution in [3.8, 4) is 0 Å². The van der Waals surface area contributed by atoms with Crippen molar-refractivity contribution in [2.45, 2.75) is 96.8 Å². The standard InChI is InChI=1S/C21H35N5O2/c1-2-3-4-5-6-7-8-9-10-11-12-13-14-15-17(27)26-16-23-18-19(26)24-21(22)25-20(18)28/h16H,2-15H2,1H3,(H3,22,24,25,28). The van der Waals surface area contributed by atoms with E-state index in [0.717, 1.165) is 12.8 Å². The van der Waals surface area contributed by atoms with E-state index in [2.05, 4.69) is 21.9 Å². The van der Waals surface area contributed by atoms with Crippen molar-refractivity contribution in [2.24, 2.45) is 0 Å². The van der Waals surface area contributed by atoms with Crippen LogP contribution in [0.2, 0.25) is 0 Å². The predicted octanol–water partition coefficient (Wildman–Crippen LogP) is 4.82. The molecule has 28 heavy (non-hydrogen) atoms. The molecule has 0 saturated carbocycles. The highest BCUT2D eigenvalue weighted by Gasteiger charge is 2.14. The molecule has 2 aromatic rings. The molecule has 0 unspecified atom stereocenters. The lowest BCUT2D eigenvalue weighted by Gasteiger charge is -2.04. The van der Waals surface area contributed by atoms with Gasteiger partial charge in [-0.05, 0) is 6.42 Å². The molecule has 2 rings (SSSR count). The largest absolute Gasteiger partial charge is 0.369 e. The summed E-state index contributed by atoms with van der Waals surface area (Å²) in [5, 5.41) is 0. The monoisotopic (exact) mass is 389 g/mol. The number of nitrogens with one attached hydrogen (secondary N) is 1. The van der Waals surface area contributed by atoms with Crippen LogP contribution in [0.1, 0.15) is 102 Å². The molecule has 0 atom stereocenters. The van der Waals surface area contributed by atoms with Crippen LogP contribution in [0.5, 0.6) is 0 Å². The van der Waals surface area contributed by atoms with Crippen molar-refractivity contribution in [1.82, 2.24) is 19.5 Å². The van der Waals surface area contributed by atoms with E-state index in [1.54, 1.807) is 0 Å². The summed E-state index contributed by atoms with van der Waals surface area (Å²) in [7, 11) is 0. The average molecular weight is 390 g/mol. The Morgan fingerprint density at radius 2 is 1.50 bits per heavy atom. The van der Waals surface area contributed by atoms with Gasteiger partial charge in [0.1, 0.15) is 6.33 Å². The fourth-order valence-electron chi connectivity index (χ4n) is 3.52. The van der Waals surface area contributed by atoms with E-state index in [0.29, 0.717) is 6.42 Å². The Morgan fingerprint density at radius 3 is 2.07 bits per heavy atom. The van der Waals surface area contributed by atoms with Crippen molar-refractivity contribution in [3.05, 3.63) is 16.7 Å². The van der Waals surface area contributed by atoms with Crippen LogP contribution in [-0.2, 0) is 0 Å². The molecule has 7 heteroatoms. The number of anilines is 1. The minimum atomic E-state index is -0.421. The third-order valence-electron chi connectivity index (χ3n) is 5.19. The zero-order valence-corrected chi connectivity index (χ0v) is 17.2. The number of unbranched alkanes of at least 4 members (excludes halogenated alkanes) is 12. The highest BCUT2D eigenvalue weighted by atomic mass is 16.2. The number of aromatic amines is 1. The molecule has 0 spiro atoms. The van der Waals surface area contributed by atoms with Gasteiger partial charge in [-0.3, -0.25) is 19.1 Å². The Morgan fingerprint density at radius 1 is 0.964 bits per heavy atom. The average Bonchev–Trinajstić information content (AvgIpc) is 3.09. The quantitative estimate of drug-likeness (QED) is 0.450. The number of H-pyrrole nitrogens is 1. The van der Waals surface area contributed by atoms with Crippen LogP contribution in [0.25, 0.3) is 11.2 Å². The Kier molecular flexibility index (Phi) is 9.72. The Bertz CT molecular complexity index is 781. The molecule has 0 saturated heterocycles. The molecule has 7 nitrogen and oxygen atoms in total. The highest BCUT2D eigenvalue weighted by Crippen LogP contribution is 2.14. The van der Waals surface area contributed by atoms with Crippen LogP contribution in [0.3, 0.4) is 0 Å². The first-order valence-corrected chi connectivity index (χ1v) is 10.9. The number of aromatic nitrogens is 4. The zero-order valence-electron chi connectivity index (χ0n) is 17.2. The van der Waals surface area contributed by atoms with Crippen molar-refractivity contribution in [3.63, 3.8) is 0 Å². The van der Waals surface area contributed by atoms with Gasteiger partial charge in [-0.1, -0.05) is 84.0 Å². The fraction of sp³-hybridized carbons (Fsp3) is 0.714. The summed E-state index contributed by atoms with van der Waals surface area (Å²) >= 11 is 0. The van der Waals surface area contributed by atoms with Crippen molar-refractivity contribution in [1.29, 1.82) is 0 Å². The molecule has 0 fully saturated rings. The molecule has 0 amide bonds. The van der Waals surface area contributed by atoms with Crippen LogP contribution >= 0.6 is 0 Å². The van der Waals surface area contributed by atoms with E-state index in [1.165, 1.54) is 81.5 Å². The number of nitrogens with two attached hydrogens (primary N) is 1. The lowest BCUT2D eigenvalue weighted by molar-refractivity contribution is 0.0903. The third kappa shape index (κ3) is 7.09. The first kappa shape index (κ1) is 22.1. The summed E-state index contributed by atoms with van der Waals surface area (Å²) in [6, 6.07) is 0. The Labute approximate surface area is 167 Å². The number of nitrogens with zero attached hydrogens (tertiary/aromatic N) is 3. The second-order valence-electron chi connectivity index (χ2n) is 7.62. The maximum atomic E-state index is 12.4. The summed E-state index contributed by atoms with van der Waals surface area (Å²) in [4.78, 5) is 34.5. The van der Waals surface area contributed by atoms with E-state index >= 15 is 0 Å². The molecular weight excluding hydrogens is 354 g/mol. The van der Waals surface area contributed by atoms with Crippen LogP contribution in [-0.4, -0.2) is 25.4 Å². The van der Waals surface area contributed by atoms with Crippen molar-refractivity contribution < 1.29 is 4.79 Å². The lowest BCUT2D eigenvalue weighted by atomic mass is 10.0. The van der Waals surface area contributed by atoms with E-state index in [9.17, 15) is 9.59 Å². The molecule has 0 aromatic carbocycles. The van der Waals surface area contributed by atoms with Gasteiger partial charge in [0.25, 0.3) is 5.56 Å². The molecule has 0 aliphatic heterocycles. The molecule has 0 bridgehead atoms. The van der Waals surface area contributed by atoms with Crippen LogP contribution in [0.15, 0.2) is 11.1 Å². The minimum Gasteiger partial charge on any atom is -0.369 e. The van der Waals surface area contributed by atoms with Crippen LogP contribution < -0.4 is 11.3 Å². The molecule has 0 radical (unpaired) electrons. The number of imidazole rings is 1. The number of carbonyl (C=O) groups excluding carboxylic acids is 1. The van der Waals surface area contributed by atoms with Gasteiger partial charge in [-0.15, -0.1) is 0 Å². The molecule has 0 aliphatic carbocycles. The lowest BCUT2D eigenvalue weighted by Crippen LogP contribution is -2.15. The number of hydrogen-bond acceptors (Lipinski definition) is 5. The topological polar surface area (TPSA) is 107 Å². The highest BCUT2D eigenvalue weighted by molar-refractivity contribution is 5.88. The maximum absolute atomic E-state index is 12.4. The summed E-state index contributed by atoms with van der Waals surface area (Å²) in [6.07, 6.45) is 18.3. The molecular formula is C21H35N5O2. The van der Waals surface area contributed by atoms with Crippen molar-refractivity contribution >= 4 is 23.0 Å². The smallest absolute Gasteiger partial charge is 0.280 e. The molecule has 2 heterocycles.